The molecule has 0 heterocycles. The Kier molecular flexibility index (Phi) is 7.81. The minimum atomic E-state index is -1.92. The molecule has 6 heteroatoms. The number of carbonyl (C=O) groups excluding carboxylic acids is 2. The molecule has 0 saturated heterocycles. The molecule has 0 aliphatic rings. The molecule has 1 unspecified atom stereocenters. The van der Waals surface area contributed by atoms with Crippen LogP contribution in [0.3, 0.4) is 0 Å². The number of amides is 1. The lowest BCUT2D eigenvalue weighted by Crippen LogP contribution is -2.43. The van der Waals surface area contributed by atoms with Crippen LogP contribution in [0.5, 0.6) is 0 Å². The lowest BCUT2D eigenvalue weighted by molar-refractivity contribution is -0.137. The van der Waals surface area contributed by atoms with Crippen LogP contribution in [0.4, 0.5) is 5.69 Å². The van der Waals surface area contributed by atoms with E-state index in [-0.39, 0.29) is 11.4 Å². The summed E-state index contributed by atoms with van der Waals surface area (Å²) in [5.41, 5.74) is 3.70. The molecule has 1 atom stereocenters. The van der Waals surface area contributed by atoms with Crippen molar-refractivity contribution in [2.24, 2.45) is 0 Å². The van der Waals surface area contributed by atoms with E-state index in [2.05, 4.69) is 50.3 Å². The van der Waals surface area contributed by atoms with E-state index in [1.54, 1.807) is 6.92 Å². The maximum atomic E-state index is 13.2. The molecule has 0 radical (unpaired) electrons. The summed E-state index contributed by atoms with van der Waals surface area (Å²) >= 11 is 0. The second kappa shape index (κ2) is 9.17. The topological polar surface area (TPSA) is 55.4 Å². The predicted molar refractivity (Wildman–Crippen MR) is 114 cm³/mol. The molecule has 4 nitrogen and oxygen atoms in total. The molecule has 0 aliphatic heterocycles. The van der Waals surface area contributed by atoms with Crippen LogP contribution in [0.1, 0.15) is 6.92 Å². The average Bonchev–Trinajstić information content (AvgIpc) is 2.50. The molecule has 0 aromatic heterocycles. The van der Waals surface area contributed by atoms with Crippen LogP contribution in [0.25, 0.3) is 0 Å². The Morgan fingerprint density at radius 1 is 1.12 bits per heavy atom. The maximum Gasteiger partial charge on any atom is 0.338 e. The molecule has 0 fully saturated rings. The fourth-order valence-corrected chi connectivity index (χ4v) is 8.66. The van der Waals surface area contributed by atoms with Crippen LogP contribution in [0, 0.1) is 0 Å². The Morgan fingerprint density at radius 3 is 2.15 bits per heavy atom. The van der Waals surface area contributed by atoms with Crippen LogP contribution in [-0.4, -0.2) is 34.6 Å². The lowest BCUT2D eigenvalue weighted by atomic mass is 10.3. The largest absolute Gasteiger partial charge is 0.462 e. The van der Waals surface area contributed by atoms with Gasteiger partial charge in [-0.1, -0.05) is 57.5 Å². The van der Waals surface area contributed by atoms with Gasteiger partial charge in [0.1, 0.15) is 0 Å². The van der Waals surface area contributed by atoms with Crippen molar-refractivity contribution < 1.29 is 14.3 Å². The van der Waals surface area contributed by atoms with E-state index >= 15 is 0 Å². The van der Waals surface area contributed by atoms with Crippen molar-refractivity contribution in [3.8, 4) is 0 Å². The number of ether oxygens (including phenoxy) is 1. The van der Waals surface area contributed by atoms with Crippen LogP contribution < -0.4 is 5.32 Å². The minimum absolute atomic E-state index is 0.0162. The summed E-state index contributed by atoms with van der Waals surface area (Å²) in [5.74, 6) is -0.432. The first-order valence-electron chi connectivity index (χ1n) is 8.96. The quantitative estimate of drug-likeness (QED) is 0.314. The van der Waals surface area contributed by atoms with Gasteiger partial charge in [-0.05, 0) is 24.3 Å². The number of nitrogens with one attached hydrogen (secondary N) is 1. The number of hydrogen-bond acceptors (Lipinski definition) is 3. The molecular weight excluding hydrogens is 358 g/mol. The monoisotopic (exact) mass is 389 g/mol. The van der Waals surface area contributed by atoms with E-state index < -0.39 is 22.1 Å². The average molecular weight is 390 g/mol. The first-order valence-corrected chi connectivity index (χ1v) is 16.0. The van der Waals surface area contributed by atoms with Gasteiger partial charge in [-0.3, -0.25) is 4.79 Å². The van der Waals surface area contributed by atoms with E-state index in [9.17, 15) is 9.59 Å². The molecule has 142 valence electrons. The van der Waals surface area contributed by atoms with Crippen molar-refractivity contribution in [1.82, 2.24) is 0 Å². The Balaban J connectivity index is 3.35. The zero-order valence-corrected chi connectivity index (χ0v) is 19.0. The molecule has 1 aromatic carbocycles. The summed E-state index contributed by atoms with van der Waals surface area (Å²) in [5, 5.41) is 4.01. The fourth-order valence-electron chi connectivity index (χ4n) is 2.75. The molecule has 0 saturated carbocycles. The Bertz CT molecular complexity index is 694. The SMILES string of the molecule is CCOC(=O)C=C=C(C(C(=O)Nc1ccccc1)[Si](C)(C)C)[Si](C)(C)C. The number of esters is 1. The normalized spacial score (nSPS) is 12.6. The van der Waals surface area contributed by atoms with Crippen molar-refractivity contribution in [2.45, 2.75) is 51.7 Å². The fraction of sp³-hybridized carbons (Fsp3) is 0.450. The smallest absolute Gasteiger partial charge is 0.338 e. The van der Waals surface area contributed by atoms with Crippen LogP contribution in [0.2, 0.25) is 44.8 Å². The second-order valence-electron chi connectivity index (χ2n) is 8.36. The number of benzene rings is 1. The van der Waals surface area contributed by atoms with E-state index in [0.29, 0.717) is 6.61 Å². The highest BCUT2D eigenvalue weighted by molar-refractivity contribution is 6.90. The Morgan fingerprint density at radius 2 is 1.69 bits per heavy atom. The summed E-state index contributed by atoms with van der Waals surface area (Å²) in [4.78, 5) is 25.0. The molecule has 1 amide bonds. The minimum Gasteiger partial charge on any atom is -0.462 e. The van der Waals surface area contributed by atoms with Gasteiger partial charge in [0.25, 0.3) is 0 Å². The number of hydrogen-bond donors (Lipinski definition) is 1. The van der Waals surface area contributed by atoms with Gasteiger partial charge in [-0.2, -0.15) is 0 Å². The van der Waals surface area contributed by atoms with Crippen molar-refractivity contribution in [3.63, 3.8) is 0 Å². The van der Waals surface area contributed by atoms with E-state index in [4.69, 9.17) is 4.74 Å². The van der Waals surface area contributed by atoms with Crippen molar-refractivity contribution in [2.75, 3.05) is 11.9 Å². The zero-order chi connectivity index (χ0) is 20.0. The van der Waals surface area contributed by atoms with E-state index in [1.165, 1.54) is 6.08 Å². The molecule has 1 rings (SSSR count). The van der Waals surface area contributed by atoms with E-state index in [0.717, 1.165) is 10.9 Å². The number of rotatable bonds is 7. The summed E-state index contributed by atoms with van der Waals surface area (Å²) in [6, 6.07) is 9.47. The third-order valence-electron chi connectivity index (χ3n) is 3.90. The highest BCUT2D eigenvalue weighted by Crippen LogP contribution is 2.36. The number of anilines is 1. The molecule has 1 aromatic rings. The Labute approximate surface area is 159 Å². The van der Waals surface area contributed by atoms with Crippen molar-refractivity contribution >= 4 is 33.7 Å². The molecule has 0 spiro atoms. The first kappa shape index (κ1) is 22.2. The van der Waals surface area contributed by atoms with Gasteiger partial charge in [-0.25, -0.2) is 4.79 Å². The van der Waals surface area contributed by atoms with Gasteiger partial charge < -0.3 is 10.1 Å². The van der Waals surface area contributed by atoms with Gasteiger partial charge >= 0.3 is 5.97 Å². The summed E-state index contributed by atoms with van der Waals surface area (Å²) in [6.45, 7) is 15.2. The zero-order valence-electron chi connectivity index (χ0n) is 17.0. The first-order chi connectivity index (χ1) is 12.0. The maximum absolute atomic E-state index is 13.2. The standard InChI is InChI=1S/C20H31NO3Si2/c1-8-24-18(22)15-14-17(25(2,3)4)19(26(5,6)7)20(23)21-16-12-10-9-11-13-16/h9-13,15,19H,8H2,1-7H3,(H,21,23). The van der Waals surface area contributed by atoms with Gasteiger partial charge in [0.15, 0.2) is 0 Å². The van der Waals surface area contributed by atoms with Gasteiger partial charge in [0, 0.05) is 5.69 Å². The number of carbonyl (C=O) groups is 2. The molecule has 26 heavy (non-hydrogen) atoms. The molecule has 0 bridgehead atoms. The summed E-state index contributed by atoms with van der Waals surface area (Å²) in [7, 11) is -3.80. The van der Waals surface area contributed by atoms with Crippen LogP contribution in [0.15, 0.2) is 47.3 Å². The highest BCUT2D eigenvalue weighted by Gasteiger charge is 2.40. The predicted octanol–water partition coefficient (Wildman–Crippen LogP) is 4.86. The highest BCUT2D eigenvalue weighted by atomic mass is 28.3. The van der Waals surface area contributed by atoms with Gasteiger partial charge in [0.05, 0.1) is 34.4 Å². The molecule has 0 aliphatic carbocycles. The third kappa shape index (κ3) is 6.79. The number of para-hydroxylation sites is 1. The van der Waals surface area contributed by atoms with Gasteiger partial charge in [0.2, 0.25) is 5.91 Å². The van der Waals surface area contributed by atoms with Gasteiger partial charge in [-0.15, -0.1) is 5.73 Å². The summed E-state index contributed by atoms with van der Waals surface area (Å²) in [6.07, 6.45) is 1.35. The second-order valence-corrected chi connectivity index (χ2v) is 18.7. The van der Waals surface area contributed by atoms with Crippen LogP contribution >= 0.6 is 0 Å². The summed E-state index contributed by atoms with van der Waals surface area (Å²) < 4.78 is 4.98. The lowest BCUT2D eigenvalue weighted by Gasteiger charge is -2.34. The molecular formula is C20H31NO3Si2. The van der Waals surface area contributed by atoms with E-state index in [1.807, 2.05) is 30.3 Å². The van der Waals surface area contributed by atoms with Crippen LogP contribution in [-0.2, 0) is 14.3 Å². The molecule has 1 N–H and O–H groups in total. The van der Waals surface area contributed by atoms with Crippen molar-refractivity contribution in [1.29, 1.82) is 0 Å². The third-order valence-corrected chi connectivity index (χ3v) is 8.52. The Hall–Kier alpha value is -1.89. The van der Waals surface area contributed by atoms with Crippen molar-refractivity contribution in [3.05, 3.63) is 47.3 Å².